The number of hydrogen-bond acceptors (Lipinski definition) is 2. The molecule has 3 nitrogen and oxygen atoms in total. The first-order chi connectivity index (χ1) is 11.8. The van der Waals surface area contributed by atoms with Gasteiger partial charge in [0.15, 0.2) is 0 Å². The van der Waals surface area contributed by atoms with Crippen molar-refractivity contribution < 1.29 is 4.74 Å². The van der Waals surface area contributed by atoms with E-state index in [1.54, 1.807) is 7.11 Å². The Morgan fingerprint density at radius 3 is 2.42 bits per heavy atom. The summed E-state index contributed by atoms with van der Waals surface area (Å²) in [4.78, 5) is 6.19. The second kappa shape index (κ2) is 6.33. The van der Waals surface area contributed by atoms with Crippen LogP contribution in [0.2, 0.25) is 0 Å². The summed E-state index contributed by atoms with van der Waals surface area (Å²) in [5, 5.41) is 1.34. The van der Waals surface area contributed by atoms with Crippen molar-refractivity contribution in [2.24, 2.45) is 0 Å². The van der Waals surface area contributed by atoms with Crippen LogP contribution in [0, 0.1) is 6.92 Å². The van der Waals surface area contributed by atoms with Gasteiger partial charge in [-0.15, -0.1) is 0 Å². The minimum atomic E-state index is 0.301. The normalized spacial score (nSPS) is 16.6. The van der Waals surface area contributed by atoms with Gasteiger partial charge in [-0.05, 0) is 56.6 Å². The average molecular weight is 320 g/mol. The fraction of sp³-hybridized carbons (Fsp3) is 0.333. The lowest BCUT2D eigenvalue weighted by Crippen LogP contribution is -2.27. The Balaban J connectivity index is 1.86. The number of likely N-dealkylation sites (tertiary alicyclic amines) is 1. The number of ether oxygens (including phenoxy) is 1. The van der Waals surface area contributed by atoms with Crippen LogP contribution in [-0.4, -0.2) is 30.1 Å². The van der Waals surface area contributed by atoms with Gasteiger partial charge in [-0.25, -0.2) is 0 Å². The van der Waals surface area contributed by atoms with Crippen LogP contribution in [0.5, 0.6) is 5.75 Å². The molecule has 1 atom stereocenters. The van der Waals surface area contributed by atoms with Crippen LogP contribution in [0.25, 0.3) is 10.9 Å². The Morgan fingerprint density at radius 1 is 1.00 bits per heavy atom. The van der Waals surface area contributed by atoms with Gasteiger partial charge in [-0.2, -0.15) is 0 Å². The van der Waals surface area contributed by atoms with Gasteiger partial charge in [0.2, 0.25) is 0 Å². The molecule has 3 aromatic rings. The van der Waals surface area contributed by atoms with Crippen molar-refractivity contribution in [1.82, 2.24) is 9.88 Å². The first kappa shape index (κ1) is 15.3. The maximum atomic E-state index is 5.34. The third kappa shape index (κ3) is 2.59. The Kier molecular flexibility index (Phi) is 4.03. The highest BCUT2D eigenvalue weighted by molar-refractivity contribution is 5.85. The van der Waals surface area contributed by atoms with Crippen molar-refractivity contribution in [3.05, 3.63) is 65.4 Å². The lowest BCUT2D eigenvalue weighted by atomic mass is 9.94. The molecule has 0 radical (unpaired) electrons. The summed E-state index contributed by atoms with van der Waals surface area (Å²) in [6, 6.07) is 17.5. The number of benzene rings is 2. The van der Waals surface area contributed by atoms with Crippen molar-refractivity contribution in [2.45, 2.75) is 25.8 Å². The van der Waals surface area contributed by atoms with Crippen LogP contribution >= 0.6 is 0 Å². The first-order valence-electron chi connectivity index (χ1n) is 8.73. The maximum absolute atomic E-state index is 5.34. The van der Waals surface area contributed by atoms with E-state index in [0.29, 0.717) is 6.04 Å². The number of para-hydroxylation sites is 1. The summed E-state index contributed by atoms with van der Waals surface area (Å²) < 4.78 is 5.34. The minimum absolute atomic E-state index is 0.301. The summed E-state index contributed by atoms with van der Waals surface area (Å²) >= 11 is 0. The number of aromatic nitrogens is 1. The van der Waals surface area contributed by atoms with E-state index in [0.717, 1.165) is 18.8 Å². The second-order valence-corrected chi connectivity index (χ2v) is 6.63. The summed E-state index contributed by atoms with van der Waals surface area (Å²) in [6.45, 7) is 4.52. The van der Waals surface area contributed by atoms with Gasteiger partial charge < -0.3 is 9.72 Å². The summed E-state index contributed by atoms with van der Waals surface area (Å²) in [6.07, 6.45) is 2.57. The first-order valence-corrected chi connectivity index (χ1v) is 8.73. The Hall–Kier alpha value is -2.26. The molecule has 0 aliphatic carbocycles. The smallest absolute Gasteiger partial charge is 0.118 e. The number of methoxy groups -OCH3 is 1. The van der Waals surface area contributed by atoms with Gasteiger partial charge in [0.05, 0.1) is 13.2 Å². The molecule has 24 heavy (non-hydrogen) atoms. The van der Waals surface area contributed by atoms with Gasteiger partial charge in [0.25, 0.3) is 0 Å². The summed E-state index contributed by atoms with van der Waals surface area (Å²) in [7, 11) is 1.72. The molecule has 1 aromatic heterocycles. The highest BCUT2D eigenvalue weighted by Crippen LogP contribution is 2.38. The van der Waals surface area contributed by atoms with Gasteiger partial charge in [0, 0.05) is 22.2 Å². The molecule has 3 heteroatoms. The number of nitrogens with zero attached hydrogens (tertiary/aromatic N) is 1. The van der Waals surface area contributed by atoms with Crippen LogP contribution in [0.3, 0.4) is 0 Å². The largest absolute Gasteiger partial charge is 0.497 e. The summed E-state index contributed by atoms with van der Waals surface area (Å²) in [5.74, 6) is 0.912. The Bertz CT molecular complexity index is 829. The highest BCUT2D eigenvalue weighted by atomic mass is 16.5. The van der Waals surface area contributed by atoms with E-state index in [2.05, 4.69) is 65.3 Å². The fourth-order valence-electron chi connectivity index (χ4n) is 4.00. The Labute approximate surface area is 143 Å². The molecule has 1 aliphatic rings. The third-order valence-electron chi connectivity index (χ3n) is 5.15. The summed E-state index contributed by atoms with van der Waals surface area (Å²) in [5.41, 5.74) is 5.25. The number of rotatable bonds is 4. The number of H-pyrrole nitrogens is 1. The zero-order valence-electron chi connectivity index (χ0n) is 14.4. The van der Waals surface area contributed by atoms with Crippen LogP contribution in [0.4, 0.5) is 0 Å². The molecule has 2 aromatic carbocycles. The molecular weight excluding hydrogens is 296 g/mol. The van der Waals surface area contributed by atoms with Gasteiger partial charge in [-0.3, -0.25) is 4.90 Å². The van der Waals surface area contributed by atoms with E-state index < -0.39 is 0 Å². The monoisotopic (exact) mass is 320 g/mol. The fourth-order valence-corrected chi connectivity index (χ4v) is 4.00. The molecule has 1 fully saturated rings. The predicted molar refractivity (Wildman–Crippen MR) is 98.7 cm³/mol. The van der Waals surface area contributed by atoms with Crippen molar-refractivity contribution in [3.8, 4) is 5.75 Å². The predicted octanol–water partition coefficient (Wildman–Crippen LogP) is 4.67. The van der Waals surface area contributed by atoms with E-state index in [9.17, 15) is 0 Å². The molecule has 0 amide bonds. The zero-order valence-corrected chi connectivity index (χ0v) is 14.4. The van der Waals surface area contributed by atoms with Crippen molar-refractivity contribution in [1.29, 1.82) is 0 Å². The van der Waals surface area contributed by atoms with Crippen molar-refractivity contribution in [3.63, 3.8) is 0 Å². The van der Waals surface area contributed by atoms with Gasteiger partial charge in [-0.1, -0.05) is 30.3 Å². The van der Waals surface area contributed by atoms with E-state index >= 15 is 0 Å². The van der Waals surface area contributed by atoms with E-state index in [1.165, 1.54) is 40.6 Å². The number of aromatic amines is 1. The number of nitrogens with one attached hydrogen (secondary N) is 1. The second-order valence-electron chi connectivity index (χ2n) is 6.63. The van der Waals surface area contributed by atoms with Crippen LogP contribution in [0.1, 0.15) is 35.7 Å². The topological polar surface area (TPSA) is 28.3 Å². The standard InChI is InChI=1S/C21H24N2O/c1-15-20(18-7-3-4-8-19(18)22-15)21(23-13-5-6-14-23)16-9-11-17(24-2)12-10-16/h3-4,7-12,21-22H,5-6,13-14H2,1-2H3. The minimum Gasteiger partial charge on any atom is -0.497 e. The SMILES string of the molecule is COc1ccc(C(c2c(C)[nH]c3ccccc23)N2CCCC2)cc1. The van der Waals surface area contributed by atoms with Gasteiger partial charge >= 0.3 is 0 Å². The molecule has 0 spiro atoms. The quantitative estimate of drug-likeness (QED) is 0.756. The lowest BCUT2D eigenvalue weighted by molar-refractivity contribution is 0.281. The molecule has 4 rings (SSSR count). The zero-order chi connectivity index (χ0) is 16.5. The van der Waals surface area contributed by atoms with E-state index in [-0.39, 0.29) is 0 Å². The number of aryl methyl sites for hydroxylation is 1. The Morgan fingerprint density at radius 2 is 1.71 bits per heavy atom. The molecule has 0 saturated carbocycles. The van der Waals surface area contributed by atoms with E-state index in [1.807, 2.05) is 0 Å². The molecular formula is C21H24N2O. The van der Waals surface area contributed by atoms with Crippen LogP contribution in [-0.2, 0) is 0 Å². The van der Waals surface area contributed by atoms with Gasteiger partial charge in [0.1, 0.15) is 5.75 Å². The average Bonchev–Trinajstić information content (AvgIpc) is 3.25. The molecule has 1 unspecified atom stereocenters. The molecule has 1 saturated heterocycles. The number of hydrogen-bond donors (Lipinski definition) is 1. The third-order valence-corrected chi connectivity index (χ3v) is 5.15. The molecule has 0 bridgehead atoms. The van der Waals surface area contributed by atoms with E-state index in [4.69, 9.17) is 4.74 Å². The molecule has 2 heterocycles. The van der Waals surface area contributed by atoms with Crippen LogP contribution < -0.4 is 4.74 Å². The molecule has 1 aliphatic heterocycles. The van der Waals surface area contributed by atoms with Crippen molar-refractivity contribution >= 4 is 10.9 Å². The number of fused-ring (bicyclic) bond motifs is 1. The molecule has 1 N–H and O–H groups in total. The van der Waals surface area contributed by atoms with Crippen LogP contribution in [0.15, 0.2) is 48.5 Å². The lowest BCUT2D eigenvalue weighted by Gasteiger charge is -2.29. The highest BCUT2D eigenvalue weighted by Gasteiger charge is 2.28. The molecule has 124 valence electrons. The van der Waals surface area contributed by atoms with Crippen molar-refractivity contribution in [2.75, 3.05) is 20.2 Å². The maximum Gasteiger partial charge on any atom is 0.118 e.